The molecule has 1 N–H and O–H groups in total. The molecule has 76 valence electrons. The Morgan fingerprint density at radius 1 is 1.43 bits per heavy atom. The monoisotopic (exact) mass is 212 g/mol. The molecular weight excluding hydrogens is 200 g/mol. The highest BCUT2D eigenvalue weighted by Crippen LogP contribution is 2.20. The van der Waals surface area contributed by atoms with E-state index in [9.17, 15) is 4.79 Å². The van der Waals surface area contributed by atoms with E-state index in [4.69, 9.17) is 9.84 Å². The molecule has 1 aromatic rings. The van der Waals surface area contributed by atoms with Gasteiger partial charge in [0, 0.05) is 17.6 Å². The molecular formula is C10H12O3S. The van der Waals surface area contributed by atoms with Crippen molar-refractivity contribution in [3.8, 4) is 5.75 Å². The highest BCUT2D eigenvalue weighted by molar-refractivity contribution is 7.99. The van der Waals surface area contributed by atoms with Crippen molar-refractivity contribution in [1.82, 2.24) is 0 Å². The summed E-state index contributed by atoms with van der Waals surface area (Å²) in [5, 5.41) is 8.61. The Kier molecular flexibility index (Phi) is 4.49. The first-order valence-corrected chi connectivity index (χ1v) is 5.23. The highest BCUT2D eigenvalue weighted by Gasteiger charge is 1.98. The molecule has 0 spiro atoms. The summed E-state index contributed by atoms with van der Waals surface area (Å²) in [5.74, 6) is 0.902. The maximum absolute atomic E-state index is 10.6. The van der Waals surface area contributed by atoms with Crippen LogP contribution in [0.25, 0.3) is 0 Å². The number of esters is 1. The van der Waals surface area contributed by atoms with E-state index in [1.807, 2.05) is 12.1 Å². The van der Waals surface area contributed by atoms with Crippen LogP contribution in [0.4, 0.5) is 0 Å². The van der Waals surface area contributed by atoms with Gasteiger partial charge >= 0.3 is 5.97 Å². The van der Waals surface area contributed by atoms with Gasteiger partial charge in [-0.2, -0.15) is 0 Å². The minimum atomic E-state index is -0.319. The van der Waals surface area contributed by atoms with Crippen molar-refractivity contribution in [2.24, 2.45) is 0 Å². The third kappa shape index (κ3) is 3.81. The average Bonchev–Trinajstić information content (AvgIpc) is 2.16. The predicted molar refractivity (Wildman–Crippen MR) is 55.6 cm³/mol. The molecule has 0 amide bonds. The summed E-state index contributed by atoms with van der Waals surface area (Å²) in [6, 6.07) is 7.19. The number of ether oxygens (including phenoxy) is 1. The fourth-order valence-electron chi connectivity index (χ4n) is 0.933. The number of hydrogen-bond donors (Lipinski definition) is 1. The van der Waals surface area contributed by atoms with Crippen LogP contribution < -0.4 is 4.74 Å². The average molecular weight is 212 g/mol. The van der Waals surface area contributed by atoms with Crippen molar-refractivity contribution in [3.05, 3.63) is 24.3 Å². The van der Waals surface area contributed by atoms with Crippen molar-refractivity contribution < 1.29 is 14.6 Å². The first-order valence-electron chi connectivity index (χ1n) is 4.24. The topological polar surface area (TPSA) is 46.5 Å². The van der Waals surface area contributed by atoms with Crippen LogP contribution in [0, 0.1) is 0 Å². The number of carbonyl (C=O) groups is 1. The molecule has 0 aliphatic heterocycles. The van der Waals surface area contributed by atoms with Gasteiger partial charge in [0.15, 0.2) is 0 Å². The van der Waals surface area contributed by atoms with Gasteiger partial charge in [-0.05, 0) is 24.3 Å². The minimum Gasteiger partial charge on any atom is -0.427 e. The molecule has 0 aliphatic rings. The Hall–Kier alpha value is -1.00. The van der Waals surface area contributed by atoms with Crippen molar-refractivity contribution in [2.75, 3.05) is 12.4 Å². The molecule has 0 aliphatic carbocycles. The molecule has 3 nitrogen and oxygen atoms in total. The van der Waals surface area contributed by atoms with Gasteiger partial charge < -0.3 is 9.84 Å². The molecule has 14 heavy (non-hydrogen) atoms. The molecule has 1 aromatic carbocycles. The van der Waals surface area contributed by atoms with E-state index in [0.717, 1.165) is 4.90 Å². The molecule has 0 saturated heterocycles. The largest absolute Gasteiger partial charge is 0.427 e. The number of carbonyl (C=O) groups excluding carboxylic acids is 1. The van der Waals surface area contributed by atoms with Crippen molar-refractivity contribution in [3.63, 3.8) is 0 Å². The summed E-state index contributed by atoms with van der Waals surface area (Å²) in [4.78, 5) is 11.7. The second kappa shape index (κ2) is 5.67. The molecule has 0 unspecified atom stereocenters. The van der Waals surface area contributed by atoms with Gasteiger partial charge in [-0.25, -0.2) is 0 Å². The van der Waals surface area contributed by atoms with Gasteiger partial charge in [-0.3, -0.25) is 4.79 Å². The summed E-state index contributed by atoms with van der Waals surface area (Å²) < 4.78 is 4.88. The second-order valence-corrected chi connectivity index (χ2v) is 3.81. The number of aliphatic hydroxyl groups excluding tert-OH is 1. The van der Waals surface area contributed by atoms with Gasteiger partial charge in [0.1, 0.15) is 5.75 Å². The SMILES string of the molecule is CC(=O)Oc1ccc(SCCO)cc1. The van der Waals surface area contributed by atoms with E-state index in [-0.39, 0.29) is 12.6 Å². The number of thioether (sulfide) groups is 1. The molecule has 0 radical (unpaired) electrons. The van der Waals surface area contributed by atoms with Crippen LogP contribution in [0.5, 0.6) is 5.75 Å². The lowest BCUT2D eigenvalue weighted by Gasteiger charge is -2.02. The summed E-state index contributed by atoms with van der Waals surface area (Å²) >= 11 is 1.56. The zero-order valence-electron chi connectivity index (χ0n) is 7.90. The molecule has 0 saturated carbocycles. The normalized spacial score (nSPS) is 9.86. The van der Waals surface area contributed by atoms with Crippen molar-refractivity contribution in [1.29, 1.82) is 0 Å². The van der Waals surface area contributed by atoms with Crippen molar-refractivity contribution >= 4 is 17.7 Å². The van der Waals surface area contributed by atoms with E-state index in [0.29, 0.717) is 11.5 Å². The maximum atomic E-state index is 10.6. The Labute approximate surface area is 87.1 Å². The third-order valence-electron chi connectivity index (χ3n) is 1.45. The summed E-state index contributed by atoms with van der Waals surface area (Å²) in [6.45, 7) is 1.53. The lowest BCUT2D eigenvalue weighted by Crippen LogP contribution is -2.00. The summed E-state index contributed by atoms with van der Waals surface area (Å²) in [5.41, 5.74) is 0. The van der Waals surface area contributed by atoms with Crippen LogP contribution in [-0.2, 0) is 4.79 Å². The molecule has 0 bridgehead atoms. The second-order valence-electron chi connectivity index (χ2n) is 2.64. The Bertz CT molecular complexity index is 295. The van der Waals surface area contributed by atoms with Crippen molar-refractivity contribution in [2.45, 2.75) is 11.8 Å². The first-order chi connectivity index (χ1) is 6.72. The summed E-state index contributed by atoms with van der Waals surface area (Å²) in [6.07, 6.45) is 0. The minimum absolute atomic E-state index is 0.163. The predicted octanol–water partition coefficient (Wildman–Crippen LogP) is 1.70. The van der Waals surface area contributed by atoms with Gasteiger partial charge in [0.2, 0.25) is 0 Å². The molecule has 0 atom stereocenters. The number of hydrogen-bond acceptors (Lipinski definition) is 4. The maximum Gasteiger partial charge on any atom is 0.308 e. The Morgan fingerprint density at radius 2 is 2.07 bits per heavy atom. The molecule has 0 fully saturated rings. The van der Waals surface area contributed by atoms with E-state index in [2.05, 4.69) is 0 Å². The molecule has 4 heteroatoms. The summed E-state index contributed by atoms with van der Waals surface area (Å²) in [7, 11) is 0. The van der Waals surface area contributed by atoms with Crippen LogP contribution in [0.1, 0.15) is 6.92 Å². The molecule has 0 heterocycles. The van der Waals surface area contributed by atoms with E-state index >= 15 is 0 Å². The van der Waals surface area contributed by atoms with Gasteiger partial charge in [0.25, 0.3) is 0 Å². The molecule has 1 rings (SSSR count). The number of aliphatic hydroxyl groups is 1. The first kappa shape index (κ1) is 11.1. The third-order valence-corrected chi connectivity index (χ3v) is 2.44. The zero-order valence-corrected chi connectivity index (χ0v) is 8.71. The lowest BCUT2D eigenvalue weighted by molar-refractivity contribution is -0.131. The van der Waals surface area contributed by atoms with Crippen LogP contribution in [0.15, 0.2) is 29.2 Å². The number of benzene rings is 1. The van der Waals surface area contributed by atoms with Gasteiger partial charge in [0.05, 0.1) is 6.61 Å². The van der Waals surface area contributed by atoms with E-state index in [1.165, 1.54) is 6.92 Å². The van der Waals surface area contributed by atoms with Crippen LogP contribution in [0.3, 0.4) is 0 Å². The van der Waals surface area contributed by atoms with Crippen LogP contribution in [0.2, 0.25) is 0 Å². The highest BCUT2D eigenvalue weighted by atomic mass is 32.2. The van der Waals surface area contributed by atoms with E-state index < -0.39 is 0 Å². The Balaban J connectivity index is 2.54. The van der Waals surface area contributed by atoms with E-state index in [1.54, 1.807) is 23.9 Å². The van der Waals surface area contributed by atoms with Crippen LogP contribution in [-0.4, -0.2) is 23.4 Å². The standard InChI is InChI=1S/C10H12O3S/c1-8(12)13-9-2-4-10(5-3-9)14-7-6-11/h2-5,11H,6-7H2,1H3. The molecule has 0 aromatic heterocycles. The van der Waals surface area contributed by atoms with Gasteiger partial charge in [-0.15, -0.1) is 11.8 Å². The van der Waals surface area contributed by atoms with Crippen LogP contribution >= 0.6 is 11.8 Å². The quantitative estimate of drug-likeness (QED) is 0.469. The smallest absolute Gasteiger partial charge is 0.308 e. The zero-order chi connectivity index (χ0) is 10.4. The number of rotatable bonds is 4. The lowest BCUT2D eigenvalue weighted by atomic mass is 10.3. The fraction of sp³-hybridized carbons (Fsp3) is 0.300. The van der Waals surface area contributed by atoms with Gasteiger partial charge in [-0.1, -0.05) is 0 Å². The fourth-order valence-corrected chi connectivity index (χ4v) is 1.59. The Morgan fingerprint density at radius 3 is 2.57 bits per heavy atom.